The van der Waals surface area contributed by atoms with Crippen molar-refractivity contribution in [1.82, 2.24) is 10.2 Å². The van der Waals surface area contributed by atoms with Gasteiger partial charge in [-0.25, -0.2) is 9.59 Å². The zero-order chi connectivity index (χ0) is 34.8. The lowest BCUT2D eigenvalue weighted by Crippen LogP contribution is -2.27. The second-order valence-electron chi connectivity index (χ2n) is 12.0. The van der Waals surface area contributed by atoms with Crippen LogP contribution >= 0.6 is 0 Å². The third kappa shape index (κ3) is 6.54. The number of anilines is 3. The van der Waals surface area contributed by atoms with Gasteiger partial charge in [0, 0.05) is 53.6 Å². The predicted molar refractivity (Wildman–Crippen MR) is 194 cm³/mol. The lowest BCUT2D eigenvalue weighted by atomic mass is 10.0. The number of aliphatic carboxylic acids is 2. The van der Waals surface area contributed by atoms with Crippen molar-refractivity contribution >= 4 is 56.7 Å². The molecule has 50 heavy (non-hydrogen) atoms. The van der Waals surface area contributed by atoms with Crippen LogP contribution in [0.3, 0.4) is 0 Å². The molecular formula is C40H34N4O6. The molecule has 5 N–H and O–H groups in total. The van der Waals surface area contributed by atoms with Gasteiger partial charge in [0.15, 0.2) is 0 Å². The molecule has 2 aromatic heterocycles. The topological polar surface area (TPSA) is 145 Å². The summed E-state index contributed by atoms with van der Waals surface area (Å²) in [5, 5.41) is 24.0. The minimum atomic E-state index is -1.14. The van der Waals surface area contributed by atoms with E-state index in [4.69, 9.17) is 14.6 Å². The molecule has 0 amide bonds. The molecule has 0 radical (unpaired) electrons. The van der Waals surface area contributed by atoms with Crippen LogP contribution in [-0.4, -0.2) is 46.7 Å². The maximum Gasteiger partial charge on any atom is 0.335 e. The minimum Gasteiger partial charge on any atom is -0.478 e. The maximum atomic E-state index is 12.1. The number of fused-ring (bicyclic) bond motifs is 2. The number of allylic oxidation sites excluding steroid dienone is 2. The standard InChI is InChI=1S/C40H34N4O6/c1-43-17-15-25(18-32(43)13-12-26(39(45)46)19-33(41)34-20-27(40(47)48)14-16-42-34)35-21-28-22-37-29(23-36(28)49-35)24-38(50-37)44(30-8-4-2-5-9-30)31-10-6-3-7-11-31/h2-12,14-15,17-24,32,42H,13,16,41H2,1H3,(H,45,46)(H,47,48)/b26-12+,33-19-. The van der Waals surface area contributed by atoms with Gasteiger partial charge in [-0.3, -0.25) is 4.90 Å². The van der Waals surface area contributed by atoms with Crippen LogP contribution in [0, 0.1) is 0 Å². The van der Waals surface area contributed by atoms with Gasteiger partial charge in [0.2, 0.25) is 5.88 Å². The van der Waals surface area contributed by atoms with Crippen molar-refractivity contribution < 1.29 is 28.6 Å². The van der Waals surface area contributed by atoms with Crippen LogP contribution < -0.4 is 16.0 Å². The Morgan fingerprint density at radius 2 is 1.62 bits per heavy atom. The predicted octanol–water partition coefficient (Wildman–Crippen LogP) is 7.60. The summed E-state index contributed by atoms with van der Waals surface area (Å²) in [5.74, 6) is -0.852. The molecule has 10 heteroatoms. The van der Waals surface area contributed by atoms with Crippen molar-refractivity contribution in [3.8, 4) is 0 Å². The Hall–Kier alpha value is -6.68. The molecule has 1 atom stereocenters. The Morgan fingerprint density at radius 1 is 0.960 bits per heavy atom. The molecule has 0 saturated carbocycles. The normalized spacial score (nSPS) is 16.5. The Morgan fingerprint density at radius 3 is 2.28 bits per heavy atom. The molecule has 7 rings (SSSR count). The highest BCUT2D eigenvalue weighted by molar-refractivity contribution is 5.97. The van der Waals surface area contributed by atoms with Gasteiger partial charge in [-0.2, -0.15) is 0 Å². The number of nitrogens with one attached hydrogen (secondary N) is 1. The van der Waals surface area contributed by atoms with Gasteiger partial charge in [0.05, 0.1) is 28.6 Å². The first-order valence-electron chi connectivity index (χ1n) is 16.0. The quantitative estimate of drug-likeness (QED) is 0.0868. The van der Waals surface area contributed by atoms with E-state index in [9.17, 15) is 19.8 Å². The largest absolute Gasteiger partial charge is 0.478 e. The summed E-state index contributed by atoms with van der Waals surface area (Å²) in [4.78, 5) is 27.6. The number of para-hydroxylation sites is 2. The van der Waals surface area contributed by atoms with Crippen LogP contribution in [0.2, 0.25) is 0 Å². The van der Waals surface area contributed by atoms with E-state index >= 15 is 0 Å². The number of nitrogens with two attached hydrogens (primary N) is 1. The molecule has 3 aromatic carbocycles. The SMILES string of the molecule is CN1C=CC(c2cc3cc4oc(N(c5ccccc5)c5ccccc5)cc4cc3o2)=CC1C/C=C(\C=C(/N)C1=CC(C(=O)O)=CCN1)C(=O)O. The first-order chi connectivity index (χ1) is 24.2. The van der Waals surface area contributed by atoms with Gasteiger partial charge < -0.3 is 35.0 Å². The van der Waals surface area contributed by atoms with Crippen molar-refractivity contribution in [2.24, 2.45) is 5.73 Å². The second kappa shape index (κ2) is 13.4. The molecule has 2 aliphatic rings. The number of benzene rings is 3. The Bertz CT molecular complexity index is 2200. The fourth-order valence-electron chi connectivity index (χ4n) is 6.03. The van der Waals surface area contributed by atoms with Crippen LogP contribution in [0.4, 0.5) is 17.3 Å². The molecule has 250 valence electrons. The number of carbonyl (C=O) groups is 2. The van der Waals surface area contributed by atoms with Crippen LogP contribution in [0.25, 0.3) is 27.5 Å². The number of nitrogens with zero attached hydrogens (tertiary/aromatic N) is 2. The number of carboxylic acid groups (broad SMARTS) is 2. The third-order valence-corrected chi connectivity index (χ3v) is 8.67. The minimum absolute atomic E-state index is 0.00157. The van der Waals surface area contributed by atoms with Crippen molar-refractivity contribution in [2.45, 2.75) is 12.5 Å². The number of dihydropyridines is 1. The third-order valence-electron chi connectivity index (χ3n) is 8.67. The summed E-state index contributed by atoms with van der Waals surface area (Å²) in [6, 6.07) is 27.9. The number of hydrogen-bond donors (Lipinski definition) is 4. The average molecular weight is 667 g/mol. The summed E-state index contributed by atoms with van der Waals surface area (Å²) in [6.45, 7) is 0.275. The monoisotopic (exact) mass is 666 g/mol. The van der Waals surface area contributed by atoms with Crippen molar-refractivity contribution in [3.63, 3.8) is 0 Å². The van der Waals surface area contributed by atoms with Crippen LogP contribution in [0.5, 0.6) is 0 Å². The summed E-state index contributed by atoms with van der Waals surface area (Å²) in [7, 11) is 1.92. The van der Waals surface area contributed by atoms with Gasteiger partial charge in [-0.05, 0) is 67.1 Å². The van der Waals surface area contributed by atoms with Crippen molar-refractivity contribution in [3.05, 3.63) is 156 Å². The lowest BCUT2D eigenvalue weighted by Gasteiger charge is -2.27. The van der Waals surface area contributed by atoms with E-state index < -0.39 is 11.9 Å². The van der Waals surface area contributed by atoms with E-state index in [1.807, 2.05) is 115 Å². The molecule has 0 bridgehead atoms. The van der Waals surface area contributed by atoms with E-state index in [-0.39, 0.29) is 29.4 Å². The molecule has 0 aliphatic carbocycles. The van der Waals surface area contributed by atoms with Gasteiger partial charge in [0.25, 0.3) is 0 Å². The van der Waals surface area contributed by atoms with Crippen molar-refractivity contribution in [2.75, 3.05) is 18.5 Å². The fraction of sp³-hybridized carbons (Fsp3) is 0.100. The van der Waals surface area contributed by atoms with E-state index in [1.54, 1.807) is 6.08 Å². The number of hydrogen-bond acceptors (Lipinski definition) is 8. The molecule has 5 aromatic rings. The number of rotatable bonds is 10. The molecule has 10 nitrogen and oxygen atoms in total. The maximum absolute atomic E-state index is 12.1. The lowest BCUT2D eigenvalue weighted by molar-refractivity contribution is -0.133. The molecule has 2 aliphatic heterocycles. The highest BCUT2D eigenvalue weighted by Crippen LogP contribution is 2.39. The van der Waals surface area contributed by atoms with Gasteiger partial charge in [-0.1, -0.05) is 54.6 Å². The smallest absolute Gasteiger partial charge is 0.335 e. The first-order valence-corrected chi connectivity index (χ1v) is 16.0. The van der Waals surface area contributed by atoms with Gasteiger partial charge in [0.1, 0.15) is 16.9 Å². The molecule has 0 saturated heterocycles. The van der Waals surface area contributed by atoms with Crippen molar-refractivity contribution in [1.29, 1.82) is 0 Å². The Labute approximate surface area is 287 Å². The Kier molecular flexibility index (Phi) is 8.57. The molecular weight excluding hydrogens is 632 g/mol. The van der Waals surface area contributed by atoms with Crippen LogP contribution in [0.15, 0.2) is 159 Å². The summed E-state index contributed by atoms with van der Waals surface area (Å²) in [6.07, 6.45) is 12.2. The van der Waals surface area contributed by atoms with Gasteiger partial charge >= 0.3 is 11.9 Å². The average Bonchev–Trinajstić information content (AvgIpc) is 3.73. The molecule has 4 heterocycles. The van der Waals surface area contributed by atoms with Crippen LogP contribution in [-0.2, 0) is 9.59 Å². The van der Waals surface area contributed by atoms with E-state index in [1.165, 1.54) is 18.2 Å². The molecule has 0 fully saturated rings. The highest BCUT2D eigenvalue weighted by Gasteiger charge is 2.21. The van der Waals surface area contributed by atoms with Crippen LogP contribution in [0.1, 0.15) is 12.2 Å². The highest BCUT2D eigenvalue weighted by atomic mass is 16.4. The fourth-order valence-corrected chi connectivity index (χ4v) is 6.03. The Balaban J connectivity index is 1.14. The number of furan rings is 2. The summed E-state index contributed by atoms with van der Waals surface area (Å²) < 4.78 is 12.8. The summed E-state index contributed by atoms with van der Waals surface area (Å²) >= 11 is 0. The van der Waals surface area contributed by atoms with E-state index in [0.717, 1.165) is 38.9 Å². The molecule has 0 spiro atoms. The zero-order valence-electron chi connectivity index (χ0n) is 27.1. The van der Waals surface area contributed by atoms with E-state index in [2.05, 4.69) is 10.2 Å². The zero-order valence-corrected chi connectivity index (χ0v) is 27.1. The first kappa shape index (κ1) is 31.9. The number of carboxylic acids is 2. The second-order valence-corrected chi connectivity index (χ2v) is 12.0. The summed E-state index contributed by atoms with van der Waals surface area (Å²) in [5.41, 5.74) is 11.0. The van der Waals surface area contributed by atoms with Gasteiger partial charge in [-0.15, -0.1) is 0 Å². The van der Waals surface area contributed by atoms with E-state index in [0.29, 0.717) is 23.8 Å². The number of likely N-dealkylation sites (N-methyl/N-ethyl adjacent to an activating group) is 1. The molecule has 1 unspecified atom stereocenters.